The van der Waals surface area contributed by atoms with Gasteiger partial charge < -0.3 is 40.0 Å². The summed E-state index contributed by atoms with van der Waals surface area (Å²) >= 11 is 0. The number of carbonyl (C=O) groups excluding carboxylic acids is 2. The topological polar surface area (TPSA) is 108 Å². The lowest BCUT2D eigenvalue weighted by Gasteiger charge is -2.38. The highest BCUT2D eigenvalue weighted by Crippen LogP contribution is 2.31. The first-order chi connectivity index (χ1) is 21.0. The van der Waals surface area contributed by atoms with Crippen molar-refractivity contribution in [1.82, 2.24) is 10.2 Å². The third-order valence-corrected chi connectivity index (χ3v) is 7.71. The fraction of sp³-hybridized carbons (Fsp3) is 0.375. The summed E-state index contributed by atoms with van der Waals surface area (Å²) in [6.45, 7) is 7.45. The Morgan fingerprint density at radius 2 is 1.42 bits per heavy atom. The first kappa shape index (κ1) is 30.0. The average Bonchev–Trinajstić information content (AvgIpc) is 3.05. The highest BCUT2D eigenvalue weighted by molar-refractivity contribution is 6.04. The molecule has 2 heterocycles. The molecule has 3 amide bonds. The lowest BCUT2D eigenvalue weighted by Crippen LogP contribution is -2.47. The van der Waals surface area contributed by atoms with Crippen molar-refractivity contribution in [2.24, 2.45) is 0 Å². The van der Waals surface area contributed by atoms with Gasteiger partial charge in [0.05, 0.1) is 38.7 Å². The van der Waals surface area contributed by atoms with Gasteiger partial charge in [0.2, 0.25) is 0 Å². The second kappa shape index (κ2) is 14.6. The van der Waals surface area contributed by atoms with E-state index in [4.69, 9.17) is 14.2 Å². The number of amides is 3. The molecule has 0 spiro atoms. The normalized spacial score (nSPS) is 15.5. The van der Waals surface area contributed by atoms with Gasteiger partial charge in [-0.25, -0.2) is 4.79 Å². The molecule has 2 saturated heterocycles. The van der Waals surface area contributed by atoms with Crippen LogP contribution >= 0.6 is 0 Å². The Labute approximate surface area is 252 Å². The molecule has 0 saturated carbocycles. The molecule has 3 aromatic carbocycles. The molecule has 11 nitrogen and oxygen atoms in total. The fourth-order valence-electron chi connectivity index (χ4n) is 5.37. The smallest absolute Gasteiger partial charge is 0.323 e. The summed E-state index contributed by atoms with van der Waals surface area (Å²) in [5.74, 6) is 1.38. The van der Waals surface area contributed by atoms with E-state index >= 15 is 0 Å². The maximum absolute atomic E-state index is 13.6. The number of methoxy groups -OCH3 is 2. The van der Waals surface area contributed by atoms with Crippen molar-refractivity contribution < 1.29 is 23.8 Å². The van der Waals surface area contributed by atoms with E-state index in [1.807, 2.05) is 30.3 Å². The van der Waals surface area contributed by atoms with Gasteiger partial charge >= 0.3 is 6.03 Å². The van der Waals surface area contributed by atoms with Crippen molar-refractivity contribution in [3.05, 3.63) is 72.3 Å². The third-order valence-electron chi connectivity index (χ3n) is 7.71. The summed E-state index contributed by atoms with van der Waals surface area (Å²) in [7, 11) is 3.28. The molecule has 2 aliphatic rings. The second-order valence-corrected chi connectivity index (χ2v) is 10.4. The summed E-state index contributed by atoms with van der Waals surface area (Å²) in [6.07, 6.45) is 0. The summed E-state index contributed by atoms with van der Waals surface area (Å²) in [4.78, 5) is 33.1. The molecule has 0 unspecified atom stereocenters. The van der Waals surface area contributed by atoms with E-state index in [-0.39, 0.29) is 5.91 Å². The van der Waals surface area contributed by atoms with Gasteiger partial charge in [-0.15, -0.1) is 0 Å². The van der Waals surface area contributed by atoms with E-state index in [9.17, 15) is 9.59 Å². The zero-order chi connectivity index (χ0) is 30.0. The Balaban J connectivity index is 1.28. The van der Waals surface area contributed by atoms with Gasteiger partial charge in [0.15, 0.2) is 0 Å². The molecule has 2 fully saturated rings. The van der Waals surface area contributed by atoms with Crippen LogP contribution in [0.15, 0.2) is 66.7 Å². The zero-order valence-electron chi connectivity index (χ0n) is 24.8. The Hall–Kier alpha value is -4.48. The number of anilines is 4. The third kappa shape index (κ3) is 7.88. The van der Waals surface area contributed by atoms with Gasteiger partial charge in [-0.05, 0) is 54.6 Å². The molecule has 11 heteroatoms. The van der Waals surface area contributed by atoms with E-state index in [0.29, 0.717) is 42.4 Å². The van der Waals surface area contributed by atoms with Crippen LogP contribution in [0.3, 0.4) is 0 Å². The molecule has 0 radical (unpaired) electrons. The monoisotopic (exact) mass is 588 g/mol. The second-order valence-electron chi connectivity index (χ2n) is 10.4. The number of ether oxygens (including phenoxy) is 3. The van der Waals surface area contributed by atoms with Crippen LogP contribution in [0.5, 0.6) is 11.5 Å². The van der Waals surface area contributed by atoms with E-state index in [1.54, 1.807) is 44.6 Å². The molecule has 0 bridgehead atoms. The van der Waals surface area contributed by atoms with E-state index < -0.39 is 6.03 Å². The Morgan fingerprint density at radius 1 is 0.767 bits per heavy atom. The average molecular weight is 589 g/mol. The van der Waals surface area contributed by atoms with Crippen molar-refractivity contribution in [1.29, 1.82) is 0 Å². The van der Waals surface area contributed by atoms with Crippen LogP contribution < -0.4 is 35.2 Å². The van der Waals surface area contributed by atoms with E-state index in [1.165, 1.54) is 0 Å². The highest BCUT2D eigenvalue weighted by Gasteiger charge is 2.24. The summed E-state index contributed by atoms with van der Waals surface area (Å²) < 4.78 is 16.2. The van der Waals surface area contributed by atoms with Crippen LogP contribution in [0.1, 0.15) is 10.4 Å². The van der Waals surface area contributed by atoms with E-state index in [2.05, 4.69) is 36.7 Å². The number of hydrogen-bond acceptors (Lipinski definition) is 8. The summed E-state index contributed by atoms with van der Waals surface area (Å²) in [5.41, 5.74) is 3.58. The lowest BCUT2D eigenvalue weighted by molar-refractivity contribution is 0.0383. The summed E-state index contributed by atoms with van der Waals surface area (Å²) in [6, 6.07) is 20.2. The zero-order valence-corrected chi connectivity index (χ0v) is 24.8. The number of carbonyl (C=O) groups is 2. The standard InChI is InChI=1S/C32H40N6O5/c1-41-26-10-7-24(8-11-26)34-32(40)35-25-9-12-28(27(23-25)31(39)33-13-14-36-19-21-43-22-20-36)37-15-17-38(18-16-37)29-5-3-4-6-30(29)42-2/h3-12,23H,13-22H2,1-2H3,(H,33,39)(H2,34,35,40). The Bertz CT molecular complexity index is 1370. The van der Waals surface area contributed by atoms with Gasteiger partial charge in [-0.1, -0.05) is 12.1 Å². The first-order valence-electron chi connectivity index (χ1n) is 14.6. The maximum Gasteiger partial charge on any atom is 0.323 e. The molecule has 3 N–H and O–H groups in total. The van der Waals surface area contributed by atoms with Crippen molar-refractivity contribution in [2.75, 3.05) is 100 Å². The number of nitrogens with one attached hydrogen (secondary N) is 3. The highest BCUT2D eigenvalue weighted by atomic mass is 16.5. The molecule has 3 aromatic rings. The fourth-order valence-corrected chi connectivity index (χ4v) is 5.37. The number of benzene rings is 3. The molecular weight excluding hydrogens is 548 g/mol. The lowest BCUT2D eigenvalue weighted by atomic mass is 10.1. The van der Waals surface area contributed by atoms with Gasteiger partial charge in [0, 0.05) is 69.4 Å². The number of morpholine rings is 1. The quantitative estimate of drug-likeness (QED) is 0.329. The molecule has 5 rings (SSSR count). The van der Waals surface area contributed by atoms with Gasteiger partial charge in [0.1, 0.15) is 11.5 Å². The predicted octanol–water partition coefficient (Wildman–Crippen LogP) is 3.74. The minimum atomic E-state index is -0.401. The molecule has 2 aliphatic heterocycles. The molecule has 43 heavy (non-hydrogen) atoms. The predicted molar refractivity (Wildman–Crippen MR) is 169 cm³/mol. The van der Waals surface area contributed by atoms with Crippen LogP contribution in [-0.2, 0) is 4.74 Å². The van der Waals surface area contributed by atoms with Gasteiger partial charge in [-0.2, -0.15) is 0 Å². The van der Waals surface area contributed by atoms with Crippen LogP contribution in [0.25, 0.3) is 0 Å². The van der Waals surface area contributed by atoms with Crippen molar-refractivity contribution in [2.45, 2.75) is 0 Å². The molecular formula is C32H40N6O5. The number of piperazine rings is 1. The molecule has 0 aliphatic carbocycles. The first-order valence-corrected chi connectivity index (χ1v) is 14.6. The number of rotatable bonds is 10. The van der Waals surface area contributed by atoms with Crippen LogP contribution in [0.4, 0.5) is 27.5 Å². The van der Waals surface area contributed by atoms with Crippen LogP contribution in [0.2, 0.25) is 0 Å². The molecule has 228 valence electrons. The minimum absolute atomic E-state index is 0.172. The minimum Gasteiger partial charge on any atom is -0.497 e. The number of urea groups is 1. The number of hydrogen-bond donors (Lipinski definition) is 3. The maximum atomic E-state index is 13.6. The number of nitrogens with zero attached hydrogens (tertiary/aromatic N) is 3. The number of para-hydroxylation sites is 2. The van der Waals surface area contributed by atoms with Crippen molar-refractivity contribution >= 4 is 34.7 Å². The van der Waals surface area contributed by atoms with Crippen LogP contribution in [0, 0.1) is 0 Å². The van der Waals surface area contributed by atoms with Gasteiger partial charge in [0.25, 0.3) is 5.91 Å². The SMILES string of the molecule is COc1ccc(NC(=O)Nc2ccc(N3CCN(c4ccccc4OC)CC3)c(C(=O)NCCN3CCOCC3)c2)cc1. The van der Waals surface area contributed by atoms with Crippen LogP contribution in [-0.4, -0.2) is 96.6 Å². The Kier molecular flexibility index (Phi) is 10.2. The largest absolute Gasteiger partial charge is 0.497 e. The van der Waals surface area contributed by atoms with Gasteiger partial charge in [-0.3, -0.25) is 9.69 Å². The van der Waals surface area contributed by atoms with E-state index in [0.717, 1.165) is 62.9 Å². The Morgan fingerprint density at radius 3 is 2.12 bits per heavy atom. The molecule has 0 atom stereocenters. The molecule has 0 aromatic heterocycles. The summed E-state index contributed by atoms with van der Waals surface area (Å²) in [5, 5.41) is 8.78. The van der Waals surface area contributed by atoms with Crippen molar-refractivity contribution in [3.8, 4) is 11.5 Å². The van der Waals surface area contributed by atoms with Crippen molar-refractivity contribution in [3.63, 3.8) is 0 Å².